The zero-order chi connectivity index (χ0) is 13.6. The minimum atomic E-state index is 0.987. The van der Waals surface area contributed by atoms with Gasteiger partial charge >= 0.3 is 0 Å². The lowest BCUT2D eigenvalue weighted by Gasteiger charge is -2.19. The molecule has 0 unspecified atom stereocenters. The van der Waals surface area contributed by atoms with Crippen molar-refractivity contribution in [2.24, 2.45) is 0 Å². The monoisotopic (exact) mass is 261 g/mol. The highest BCUT2D eigenvalue weighted by Gasteiger charge is 2.09. The number of rotatable bonds is 2. The molecule has 0 bridgehead atoms. The zero-order valence-corrected chi connectivity index (χ0v) is 11.5. The van der Waals surface area contributed by atoms with Crippen LogP contribution in [0.15, 0.2) is 71.8 Å². The first-order valence-corrected chi connectivity index (χ1v) is 7.10. The van der Waals surface area contributed by atoms with Gasteiger partial charge in [-0.2, -0.15) is 0 Å². The van der Waals surface area contributed by atoms with Crippen LogP contribution in [-0.4, -0.2) is 13.1 Å². The second kappa shape index (κ2) is 6.36. The number of hydrogen-bond donors (Lipinski definition) is 1. The lowest BCUT2D eigenvalue weighted by atomic mass is 9.97. The fraction of sp³-hybridized carbons (Fsp3) is 0.158. The summed E-state index contributed by atoms with van der Waals surface area (Å²) in [4.78, 5) is 0. The van der Waals surface area contributed by atoms with Gasteiger partial charge in [0.2, 0.25) is 0 Å². The second-order valence-corrected chi connectivity index (χ2v) is 5.21. The van der Waals surface area contributed by atoms with Gasteiger partial charge in [0.25, 0.3) is 0 Å². The third kappa shape index (κ3) is 3.46. The molecule has 0 saturated carbocycles. The molecule has 0 atom stereocenters. The van der Waals surface area contributed by atoms with Crippen LogP contribution in [0.1, 0.15) is 17.5 Å². The van der Waals surface area contributed by atoms with E-state index in [2.05, 4.69) is 78.1 Å². The fourth-order valence-electron chi connectivity index (χ4n) is 2.57. The Bertz CT molecular complexity index is 553. The molecule has 3 rings (SSSR count). The molecule has 0 aliphatic carbocycles. The summed E-state index contributed by atoms with van der Waals surface area (Å²) in [6, 6.07) is 21.1. The van der Waals surface area contributed by atoms with Crippen LogP contribution in [0.3, 0.4) is 0 Å². The van der Waals surface area contributed by atoms with Gasteiger partial charge in [-0.15, -0.1) is 0 Å². The van der Waals surface area contributed by atoms with Gasteiger partial charge in [0.15, 0.2) is 0 Å². The predicted octanol–water partition coefficient (Wildman–Crippen LogP) is 4.15. The standard InChI is InChI=1S/C19H19N/c1-3-7-16(8-4-1)11-18-13-19(15-20-14-18)12-17-9-5-2-6-10-17/h1-12,20H,13-15H2/b18-11+,19-12+. The van der Waals surface area contributed by atoms with Crippen LogP contribution < -0.4 is 5.32 Å². The maximum absolute atomic E-state index is 3.49. The molecule has 2 aromatic carbocycles. The molecular weight excluding hydrogens is 242 g/mol. The van der Waals surface area contributed by atoms with E-state index in [0.29, 0.717) is 0 Å². The van der Waals surface area contributed by atoms with Crippen LogP contribution in [0.25, 0.3) is 12.2 Å². The summed E-state index contributed by atoms with van der Waals surface area (Å²) in [5.74, 6) is 0. The summed E-state index contributed by atoms with van der Waals surface area (Å²) >= 11 is 0. The average molecular weight is 261 g/mol. The highest BCUT2D eigenvalue weighted by atomic mass is 14.9. The van der Waals surface area contributed by atoms with Gasteiger partial charge in [0.1, 0.15) is 0 Å². The molecule has 0 radical (unpaired) electrons. The summed E-state index contributed by atoms with van der Waals surface area (Å²) in [6.45, 7) is 1.97. The van der Waals surface area contributed by atoms with Crippen molar-refractivity contribution in [2.45, 2.75) is 6.42 Å². The molecule has 1 aliphatic heterocycles. The summed E-state index contributed by atoms with van der Waals surface area (Å²) in [7, 11) is 0. The fourth-order valence-corrected chi connectivity index (χ4v) is 2.57. The Morgan fingerprint density at radius 2 is 1.10 bits per heavy atom. The Morgan fingerprint density at radius 3 is 1.55 bits per heavy atom. The molecule has 0 amide bonds. The van der Waals surface area contributed by atoms with E-state index < -0.39 is 0 Å². The van der Waals surface area contributed by atoms with E-state index >= 15 is 0 Å². The largest absolute Gasteiger partial charge is 0.309 e. The Kier molecular flexibility index (Phi) is 4.10. The van der Waals surface area contributed by atoms with Crippen molar-refractivity contribution in [3.63, 3.8) is 0 Å². The lowest BCUT2D eigenvalue weighted by Crippen LogP contribution is -2.25. The zero-order valence-electron chi connectivity index (χ0n) is 11.5. The van der Waals surface area contributed by atoms with E-state index in [1.165, 1.54) is 22.3 Å². The van der Waals surface area contributed by atoms with Crippen molar-refractivity contribution in [1.29, 1.82) is 0 Å². The maximum atomic E-state index is 3.49. The number of piperidine rings is 1. The molecule has 1 aliphatic rings. The Balaban J connectivity index is 1.77. The lowest BCUT2D eigenvalue weighted by molar-refractivity contribution is 0.719. The molecule has 1 saturated heterocycles. The van der Waals surface area contributed by atoms with E-state index in [1.54, 1.807) is 0 Å². The smallest absolute Gasteiger partial charge is 0.0174 e. The van der Waals surface area contributed by atoms with E-state index in [4.69, 9.17) is 0 Å². The summed E-state index contributed by atoms with van der Waals surface area (Å²) in [6.07, 6.45) is 5.66. The minimum absolute atomic E-state index is 0.987. The molecule has 1 heteroatoms. The molecule has 20 heavy (non-hydrogen) atoms. The van der Waals surface area contributed by atoms with Crippen molar-refractivity contribution in [1.82, 2.24) is 5.32 Å². The predicted molar refractivity (Wildman–Crippen MR) is 86.3 cm³/mol. The molecule has 0 aromatic heterocycles. The molecule has 1 N–H and O–H groups in total. The van der Waals surface area contributed by atoms with Crippen LogP contribution in [0, 0.1) is 0 Å². The van der Waals surface area contributed by atoms with Crippen LogP contribution in [0.5, 0.6) is 0 Å². The first-order valence-electron chi connectivity index (χ1n) is 7.10. The Labute approximate surface area is 120 Å². The number of nitrogens with one attached hydrogen (secondary N) is 1. The van der Waals surface area contributed by atoms with Gasteiger partial charge in [0, 0.05) is 13.1 Å². The van der Waals surface area contributed by atoms with Crippen LogP contribution in [-0.2, 0) is 0 Å². The van der Waals surface area contributed by atoms with Crippen LogP contribution >= 0.6 is 0 Å². The highest BCUT2D eigenvalue weighted by molar-refractivity contribution is 5.59. The highest BCUT2D eigenvalue weighted by Crippen LogP contribution is 2.20. The first kappa shape index (κ1) is 12.9. The van der Waals surface area contributed by atoms with Crippen molar-refractivity contribution < 1.29 is 0 Å². The van der Waals surface area contributed by atoms with Gasteiger partial charge in [-0.25, -0.2) is 0 Å². The topological polar surface area (TPSA) is 12.0 Å². The van der Waals surface area contributed by atoms with Gasteiger partial charge < -0.3 is 5.32 Å². The maximum Gasteiger partial charge on any atom is 0.0174 e. The van der Waals surface area contributed by atoms with E-state index in [9.17, 15) is 0 Å². The summed E-state index contributed by atoms with van der Waals surface area (Å²) in [5.41, 5.74) is 5.46. The van der Waals surface area contributed by atoms with Gasteiger partial charge in [-0.3, -0.25) is 0 Å². The molecular formula is C19H19N. The summed E-state index contributed by atoms with van der Waals surface area (Å²) in [5, 5.41) is 3.49. The SMILES string of the molecule is C(=C1\CNC/C(=C/c2ccccc2)C1)/c1ccccc1. The Morgan fingerprint density at radius 1 is 0.650 bits per heavy atom. The van der Waals surface area contributed by atoms with E-state index in [0.717, 1.165) is 19.5 Å². The molecule has 2 aromatic rings. The van der Waals surface area contributed by atoms with Gasteiger partial charge in [-0.1, -0.05) is 84.0 Å². The third-order valence-corrected chi connectivity index (χ3v) is 3.50. The van der Waals surface area contributed by atoms with Crippen molar-refractivity contribution in [3.05, 3.63) is 82.9 Å². The normalized spacial score (nSPS) is 19.4. The van der Waals surface area contributed by atoms with Crippen molar-refractivity contribution in [3.8, 4) is 0 Å². The van der Waals surface area contributed by atoms with Gasteiger partial charge in [0.05, 0.1) is 0 Å². The van der Waals surface area contributed by atoms with Crippen LogP contribution in [0.2, 0.25) is 0 Å². The summed E-state index contributed by atoms with van der Waals surface area (Å²) < 4.78 is 0. The minimum Gasteiger partial charge on any atom is -0.309 e. The van der Waals surface area contributed by atoms with Crippen molar-refractivity contribution in [2.75, 3.05) is 13.1 Å². The Hall–Kier alpha value is -2.12. The molecule has 1 heterocycles. The quantitative estimate of drug-likeness (QED) is 0.856. The third-order valence-electron chi connectivity index (χ3n) is 3.50. The van der Waals surface area contributed by atoms with E-state index in [-0.39, 0.29) is 0 Å². The number of benzene rings is 2. The van der Waals surface area contributed by atoms with Crippen molar-refractivity contribution >= 4 is 12.2 Å². The molecule has 1 fully saturated rings. The molecule has 0 spiro atoms. The van der Waals surface area contributed by atoms with Gasteiger partial charge in [-0.05, 0) is 17.5 Å². The average Bonchev–Trinajstić information content (AvgIpc) is 2.50. The molecule has 1 nitrogen and oxygen atoms in total. The van der Waals surface area contributed by atoms with E-state index in [1.807, 2.05) is 0 Å². The first-order chi connectivity index (χ1) is 9.90. The number of hydrogen-bond acceptors (Lipinski definition) is 1. The van der Waals surface area contributed by atoms with Crippen LogP contribution in [0.4, 0.5) is 0 Å². The molecule has 100 valence electrons. The second-order valence-electron chi connectivity index (χ2n) is 5.21.